The number of carbonyl (C=O) groups excluding carboxylic acids is 1. The van der Waals surface area contributed by atoms with Gasteiger partial charge in [-0.2, -0.15) is 0 Å². The van der Waals surface area contributed by atoms with Gasteiger partial charge in [0.25, 0.3) is 5.56 Å². The molecular formula is C24H23N3O4S. The molecule has 0 radical (unpaired) electrons. The smallest absolute Gasteiger partial charge is 0.332 e. The van der Waals surface area contributed by atoms with E-state index < -0.39 is 5.69 Å². The van der Waals surface area contributed by atoms with E-state index >= 15 is 0 Å². The van der Waals surface area contributed by atoms with Crippen LogP contribution in [-0.2, 0) is 17.9 Å². The second-order valence-corrected chi connectivity index (χ2v) is 8.41. The molecule has 0 saturated carbocycles. The molecule has 0 aliphatic carbocycles. The van der Waals surface area contributed by atoms with Crippen molar-refractivity contribution in [3.05, 3.63) is 91.9 Å². The monoisotopic (exact) mass is 449 g/mol. The maximum absolute atomic E-state index is 13.4. The standard InChI is InChI=1S/C24H23N3O4S/c1-16-7-6-9-18(13-16)25(2)21(28)15-26-19-11-12-32-22(19)23(29)27(24(26)30)14-17-8-4-5-10-20(17)31-3/h4-13H,14-15H2,1-3H3. The number of carbonyl (C=O) groups is 1. The molecule has 0 spiro atoms. The molecule has 7 nitrogen and oxygen atoms in total. The Bertz CT molecular complexity index is 1420. The SMILES string of the molecule is COc1ccccc1Cn1c(=O)c2sccc2n(CC(=O)N(C)c2cccc(C)c2)c1=O. The van der Waals surface area contributed by atoms with Crippen LogP contribution >= 0.6 is 11.3 Å². The predicted octanol–water partition coefficient (Wildman–Crippen LogP) is 3.25. The van der Waals surface area contributed by atoms with E-state index in [4.69, 9.17) is 4.74 Å². The molecule has 164 valence electrons. The quantitative estimate of drug-likeness (QED) is 0.453. The normalized spacial score (nSPS) is 11.0. The summed E-state index contributed by atoms with van der Waals surface area (Å²) in [7, 11) is 3.22. The van der Waals surface area contributed by atoms with Crippen LogP contribution in [0.25, 0.3) is 10.2 Å². The molecule has 4 aromatic rings. The maximum Gasteiger partial charge on any atom is 0.332 e. The number of aryl methyl sites for hydroxylation is 1. The molecule has 2 aromatic carbocycles. The molecule has 4 rings (SSSR count). The number of para-hydroxylation sites is 1. The van der Waals surface area contributed by atoms with Crippen molar-refractivity contribution in [2.24, 2.45) is 0 Å². The Labute approximate surface area is 188 Å². The summed E-state index contributed by atoms with van der Waals surface area (Å²) in [6.45, 7) is 1.83. The van der Waals surface area contributed by atoms with Gasteiger partial charge in [0.1, 0.15) is 17.0 Å². The third kappa shape index (κ3) is 3.97. The van der Waals surface area contributed by atoms with Gasteiger partial charge in [-0.05, 0) is 42.1 Å². The van der Waals surface area contributed by atoms with E-state index in [1.165, 1.54) is 20.8 Å². The van der Waals surface area contributed by atoms with E-state index in [9.17, 15) is 14.4 Å². The number of anilines is 1. The molecule has 0 bridgehead atoms. The highest BCUT2D eigenvalue weighted by Gasteiger charge is 2.19. The van der Waals surface area contributed by atoms with Crippen molar-refractivity contribution < 1.29 is 9.53 Å². The van der Waals surface area contributed by atoms with Crippen LogP contribution in [0.3, 0.4) is 0 Å². The van der Waals surface area contributed by atoms with E-state index in [0.29, 0.717) is 21.5 Å². The Morgan fingerprint density at radius 3 is 2.59 bits per heavy atom. The van der Waals surface area contributed by atoms with Crippen molar-refractivity contribution in [2.75, 3.05) is 19.1 Å². The fraction of sp³-hybridized carbons (Fsp3) is 0.208. The summed E-state index contributed by atoms with van der Waals surface area (Å²) in [6, 6.07) is 16.5. The number of hydrogen-bond acceptors (Lipinski definition) is 5. The van der Waals surface area contributed by atoms with Crippen LogP contribution in [0.5, 0.6) is 5.75 Å². The van der Waals surface area contributed by atoms with Crippen LogP contribution in [0.15, 0.2) is 69.6 Å². The average molecular weight is 450 g/mol. The molecule has 8 heteroatoms. The number of nitrogens with zero attached hydrogens (tertiary/aromatic N) is 3. The first-order chi connectivity index (χ1) is 15.4. The Balaban J connectivity index is 1.76. The molecule has 0 unspecified atom stereocenters. The zero-order valence-electron chi connectivity index (χ0n) is 18.1. The Hall–Kier alpha value is -3.65. The number of rotatable bonds is 6. The van der Waals surface area contributed by atoms with Crippen LogP contribution in [0.4, 0.5) is 5.69 Å². The van der Waals surface area contributed by atoms with Crippen molar-refractivity contribution in [3.63, 3.8) is 0 Å². The minimum Gasteiger partial charge on any atom is -0.496 e. The van der Waals surface area contributed by atoms with Gasteiger partial charge in [-0.1, -0.05) is 30.3 Å². The van der Waals surface area contributed by atoms with Gasteiger partial charge in [0.05, 0.1) is 19.2 Å². The number of aromatic nitrogens is 2. The molecular weight excluding hydrogens is 426 g/mol. The van der Waals surface area contributed by atoms with Gasteiger partial charge in [0, 0.05) is 18.3 Å². The molecule has 0 saturated heterocycles. The molecule has 2 heterocycles. The minimum absolute atomic E-state index is 0.0530. The van der Waals surface area contributed by atoms with Crippen molar-refractivity contribution in [3.8, 4) is 5.75 Å². The van der Waals surface area contributed by atoms with E-state index in [2.05, 4.69) is 0 Å². The average Bonchev–Trinajstić information content (AvgIpc) is 3.29. The molecule has 32 heavy (non-hydrogen) atoms. The summed E-state index contributed by atoms with van der Waals surface area (Å²) in [6.07, 6.45) is 0. The fourth-order valence-electron chi connectivity index (χ4n) is 3.65. The molecule has 2 aromatic heterocycles. The number of ether oxygens (including phenoxy) is 1. The van der Waals surface area contributed by atoms with Gasteiger partial charge in [0.15, 0.2) is 0 Å². The van der Waals surface area contributed by atoms with Crippen molar-refractivity contribution in [1.29, 1.82) is 0 Å². The van der Waals surface area contributed by atoms with Gasteiger partial charge in [-0.15, -0.1) is 11.3 Å². The van der Waals surface area contributed by atoms with Crippen LogP contribution in [-0.4, -0.2) is 29.2 Å². The summed E-state index contributed by atoms with van der Waals surface area (Å²) in [5, 5.41) is 1.75. The van der Waals surface area contributed by atoms with Crippen LogP contribution in [0, 0.1) is 6.92 Å². The lowest BCUT2D eigenvalue weighted by Gasteiger charge is -2.19. The van der Waals surface area contributed by atoms with Crippen LogP contribution in [0.1, 0.15) is 11.1 Å². The highest BCUT2D eigenvalue weighted by Crippen LogP contribution is 2.20. The zero-order chi connectivity index (χ0) is 22.8. The third-order valence-corrected chi connectivity index (χ3v) is 6.31. The zero-order valence-corrected chi connectivity index (χ0v) is 18.9. The molecule has 0 atom stereocenters. The number of likely N-dealkylation sites (N-methyl/N-ethyl adjacent to an activating group) is 1. The van der Waals surface area contributed by atoms with Gasteiger partial charge in [-0.3, -0.25) is 18.7 Å². The van der Waals surface area contributed by atoms with Gasteiger partial charge >= 0.3 is 5.69 Å². The first-order valence-electron chi connectivity index (χ1n) is 10.1. The Morgan fingerprint density at radius 1 is 1.06 bits per heavy atom. The largest absolute Gasteiger partial charge is 0.496 e. The number of benzene rings is 2. The van der Waals surface area contributed by atoms with Gasteiger partial charge in [0.2, 0.25) is 5.91 Å². The number of fused-ring (bicyclic) bond motifs is 1. The first-order valence-corrected chi connectivity index (χ1v) is 10.9. The number of hydrogen-bond donors (Lipinski definition) is 0. The van der Waals surface area contributed by atoms with E-state index in [-0.39, 0.29) is 24.6 Å². The van der Waals surface area contributed by atoms with Crippen molar-refractivity contribution >= 4 is 33.1 Å². The molecule has 1 amide bonds. The van der Waals surface area contributed by atoms with Crippen LogP contribution in [0.2, 0.25) is 0 Å². The topological polar surface area (TPSA) is 73.5 Å². The summed E-state index contributed by atoms with van der Waals surface area (Å²) in [4.78, 5) is 41.0. The number of thiophene rings is 1. The van der Waals surface area contributed by atoms with E-state index in [0.717, 1.165) is 15.8 Å². The van der Waals surface area contributed by atoms with Crippen molar-refractivity contribution in [1.82, 2.24) is 9.13 Å². The highest BCUT2D eigenvalue weighted by atomic mass is 32.1. The lowest BCUT2D eigenvalue weighted by atomic mass is 10.2. The molecule has 0 aliphatic rings. The second-order valence-electron chi connectivity index (χ2n) is 7.50. The highest BCUT2D eigenvalue weighted by molar-refractivity contribution is 7.17. The molecule has 0 fully saturated rings. The van der Waals surface area contributed by atoms with E-state index in [1.807, 2.05) is 49.4 Å². The lowest BCUT2D eigenvalue weighted by molar-refractivity contribution is -0.118. The first kappa shape index (κ1) is 21.6. The molecule has 0 N–H and O–H groups in total. The number of methoxy groups -OCH3 is 1. The lowest BCUT2D eigenvalue weighted by Crippen LogP contribution is -2.42. The summed E-state index contributed by atoms with van der Waals surface area (Å²) in [5.41, 5.74) is 2.04. The summed E-state index contributed by atoms with van der Waals surface area (Å²) in [5.74, 6) is 0.333. The maximum atomic E-state index is 13.4. The Kier molecular flexibility index (Phi) is 5.96. The van der Waals surface area contributed by atoms with Crippen LogP contribution < -0.4 is 20.9 Å². The predicted molar refractivity (Wildman–Crippen MR) is 127 cm³/mol. The number of amides is 1. The van der Waals surface area contributed by atoms with E-state index in [1.54, 1.807) is 31.7 Å². The third-order valence-electron chi connectivity index (χ3n) is 5.41. The van der Waals surface area contributed by atoms with Gasteiger partial charge < -0.3 is 9.64 Å². The second kappa shape index (κ2) is 8.84. The molecule has 0 aliphatic heterocycles. The van der Waals surface area contributed by atoms with Gasteiger partial charge in [-0.25, -0.2) is 4.79 Å². The summed E-state index contributed by atoms with van der Waals surface area (Å²) < 4.78 is 8.34. The van der Waals surface area contributed by atoms with Crippen molar-refractivity contribution in [2.45, 2.75) is 20.0 Å². The summed E-state index contributed by atoms with van der Waals surface area (Å²) >= 11 is 1.26. The minimum atomic E-state index is -0.530. The fourth-order valence-corrected chi connectivity index (χ4v) is 4.49. The Morgan fingerprint density at radius 2 is 1.84 bits per heavy atom.